The van der Waals surface area contributed by atoms with Crippen molar-refractivity contribution < 1.29 is 71.5 Å². The van der Waals surface area contributed by atoms with Gasteiger partial charge in [-0.1, -0.05) is 39.8 Å². The van der Waals surface area contributed by atoms with E-state index in [2.05, 4.69) is 0 Å². The van der Waals surface area contributed by atoms with Crippen molar-refractivity contribution in [3.63, 3.8) is 0 Å². The third kappa shape index (κ3) is 10.3. The number of aliphatic hydroxyl groups excluding tert-OH is 2. The van der Waals surface area contributed by atoms with Gasteiger partial charge in [-0.15, -0.1) is 0 Å². The van der Waals surface area contributed by atoms with Gasteiger partial charge < -0.3 is 43.7 Å². The lowest BCUT2D eigenvalue weighted by molar-refractivity contribution is -0.389. The fraction of sp³-hybridized carbons (Fsp3) is 0.837. The molecule has 59 heavy (non-hydrogen) atoms. The number of nitrogens with zero attached hydrogens (tertiary/aromatic N) is 1. The lowest BCUT2D eigenvalue weighted by atomic mass is 9.76. The van der Waals surface area contributed by atoms with Crippen LogP contribution in [0, 0.1) is 23.7 Å². The highest BCUT2D eigenvalue weighted by Crippen LogP contribution is 2.51. The van der Waals surface area contributed by atoms with Crippen molar-refractivity contribution in [2.24, 2.45) is 23.7 Å². The van der Waals surface area contributed by atoms with Crippen LogP contribution < -0.4 is 0 Å². The molecule has 0 radical (unpaired) electrons. The highest BCUT2D eigenvalue weighted by Gasteiger charge is 2.66. The molecule has 1 aromatic carbocycles. The minimum atomic E-state index is -4.44. The van der Waals surface area contributed by atoms with Crippen LogP contribution in [0.3, 0.4) is 0 Å². The summed E-state index contributed by atoms with van der Waals surface area (Å²) >= 11 is 0. The van der Waals surface area contributed by atoms with E-state index >= 15 is 0 Å². The Kier molecular flexibility index (Phi) is 15.0. The van der Waals surface area contributed by atoms with Crippen molar-refractivity contribution in [2.75, 3.05) is 14.2 Å². The van der Waals surface area contributed by atoms with E-state index in [9.17, 15) is 33.3 Å². The fourth-order valence-electron chi connectivity index (χ4n) is 9.93. The predicted molar refractivity (Wildman–Crippen MR) is 208 cm³/mol. The van der Waals surface area contributed by atoms with Crippen molar-refractivity contribution in [1.82, 2.24) is 4.90 Å². The number of hydrogen-bond acceptors (Lipinski definition) is 13. The van der Waals surface area contributed by atoms with Gasteiger partial charge in [-0.05, 0) is 91.5 Å². The molecule has 7 unspecified atom stereocenters. The Balaban J connectivity index is 1.43. The number of cyclic esters (lactones) is 1. The van der Waals surface area contributed by atoms with Gasteiger partial charge in [0.1, 0.15) is 23.9 Å². The van der Waals surface area contributed by atoms with Gasteiger partial charge >= 0.3 is 12.1 Å². The summed E-state index contributed by atoms with van der Waals surface area (Å²) in [5, 5.41) is 33.7. The molecule has 0 amide bonds. The molecule has 0 aliphatic carbocycles. The molecule has 4 fully saturated rings. The summed E-state index contributed by atoms with van der Waals surface area (Å²) in [5.41, 5.74) is -2.92. The number of carbonyl (C=O) groups is 1. The van der Waals surface area contributed by atoms with Gasteiger partial charge in [0, 0.05) is 31.5 Å². The van der Waals surface area contributed by atoms with Crippen LogP contribution in [-0.4, -0.2) is 125 Å². The normalized spacial score (nSPS) is 39.6. The van der Waals surface area contributed by atoms with Gasteiger partial charge in [0.05, 0.1) is 60.1 Å². The van der Waals surface area contributed by atoms with Gasteiger partial charge in [-0.3, -0.25) is 9.69 Å². The first kappa shape index (κ1) is 48.1. The number of esters is 1. The minimum Gasteiger partial charge on any atom is -0.459 e. The van der Waals surface area contributed by atoms with Crippen LogP contribution in [0.4, 0.5) is 13.2 Å². The van der Waals surface area contributed by atoms with Gasteiger partial charge in [0.15, 0.2) is 6.29 Å². The average Bonchev–Trinajstić information content (AvgIpc) is 3.83. The van der Waals surface area contributed by atoms with Crippen LogP contribution >= 0.6 is 0 Å². The number of likely N-dealkylation sites (N-methyl/N-ethyl adjacent to an activating group) is 1. The van der Waals surface area contributed by atoms with E-state index in [0.717, 1.165) is 12.1 Å². The van der Waals surface area contributed by atoms with Crippen molar-refractivity contribution in [2.45, 2.75) is 192 Å². The Labute approximate surface area is 347 Å². The molecule has 2 bridgehead atoms. The third-order valence-electron chi connectivity index (χ3n) is 13.4. The maximum absolute atomic E-state index is 14.3. The number of aliphatic hydroxyl groups is 3. The molecule has 0 aromatic heterocycles. The molecule has 18 atom stereocenters. The number of alkyl halides is 3. The maximum atomic E-state index is 14.3. The third-order valence-corrected chi connectivity index (χ3v) is 13.4. The number of epoxide rings is 1. The Hall–Kier alpha value is -1.96. The van der Waals surface area contributed by atoms with Crippen LogP contribution in [0.15, 0.2) is 24.3 Å². The molecule has 1 aromatic rings. The molecule has 13 nitrogen and oxygen atoms in total. The lowest BCUT2D eigenvalue weighted by Crippen LogP contribution is -2.57. The summed E-state index contributed by atoms with van der Waals surface area (Å²) in [7, 11) is 3.35. The molecule has 4 aliphatic heterocycles. The second kappa shape index (κ2) is 18.4. The smallest absolute Gasteiger partial charge is 0.416 e. The molecule has 4 aliphatic rings. The molecule has 0 spiro atoms. The first-order valence-corrected chi connectivity index (χ1v) is 21.1. The number of carbonyl (C=O) groups excluding carboxylic acids is 1. The summed E-state index contributed by atoms with van der Waals surface area (Å²) in [6, 6.07) is 4.47. The highest BCUT2D eigenvalue weighted by atomic mass is 19.4. The fourth-order valence-corrected chi connectivity index (χ4v) is 9.93. The van der Waals surface area contributed by atoms with Crippen LogP contribution in [0.5, 0.6) is 0 Å². The molecule has 5 rings (SSSR count). The Bertz CT molecular complexity index is 1550. The van der Waals surface area contributed by atoms with E-state index in [1.807, 2.05) is 39.5 Å². The number of ether oxygens (including phenoxy) is 6. The topological polar surface area (TPSA) is 158 Å². The number of fused-ring (bicyclic) bond motifs is 3. The van der Waals surface area contributed by atoms with Crippen LogP contribution in [0.25, 0.3) is 0 Å². The summed E-state index contributed by atoms with van der Waals surface area (Å²) in [5.74, 6) is -3.75. The van der Waals surface area contributed by atoms with E-state index in [-0.39, 0.29) is 43.9 Å². The SMILES string of the molecule is CC[C@@H](O)[C@@](C)(O)[C@@H]1OC(=O)[C@H](C)[C@@H](O[C@H]2CC3(OC)O[C@H]3C(C)O2)[C@H](C)[C@@H](OOC(C)CC(C(C)O)N(C)Cc2ccc(C(F)(F)F)cc2)[C@@]2(C)CC(C)C(O2)[C@@H]1C. The molecule has 4 saturated heterocycles. The van der Waals surface area contributed by atoms with Gasteiger partial charge in [-0.25, -0.2) is 9.78 Å². The molecule has 16 heteroatoms. The minimum absolute atomic E-state index is 0.107. The largest absolute Gasteiger partial charge is 0.459 e. The first-order chi connectivity index (χ1) is 27.4. The van der Waals surface area contributed by atoms with Crippen LogP contribution in [0.1, 0.15) is 106 Å². The van der Waals surface area contributed by atoms with E-state index in [1.54, 1.807) is 41.9 Å². The molecule has 4 heterocycles. The summed E-state index contributed by atoms with van der Waals surface area (Å²) in [6.07, 6.45) is -10.7. The molecule has 0 saturated carbocycles. The van der Waals surface area contributed by atoms with E-state index < -0.39 is 108 Å². The average molecular weight is 848 g/mol. The zero-order valence-corrected chi connectivity index (χ0v) is 36.6. The quantitative estimate of drug-likeness (QED) is 0.0846. The number of benzene rings is 1. The second-order valence-corrected chi connectivity index (χ2v) is 18.3. The number of halogens is 3. The summed E-state index contributed by atoms with van der Waals surface area (Å²) < 4.78 is 77.3. The van der Waals surface area contributed by atoms with E-state index in [0.29, 0.717) is 12.0 Å². The van der Waals surface area contributed by atoms with Crippen molar-refractivity contribution in [1.29, 1.82) is 0 Å². The molecular weight excluding hydrogens is 779 g/mol. The molecule has 338 valence electrons. The highest BCUT2D eigenvalue weighted by molar-refractivity contribution is 5.73. The molecular formula is C43H68F3NO12. The van der Waals surface area contributed by atoms with Gasteiger partial charge in [-0.2, -0.15) is 13.2 Å². The zero-order chi connectivity index (χ0) is 44.0. The van der Waals surface area contributed by atoms with Crippen molar-refractivity contribution in [3.05, 3.63) is 35.4 Å². The van der Waals surface area contributed by atoms with Gasteiger partial charge in [0.25, 0.3) is 0 Å². The zero-order valence-electron chi connectivity index (χ0n) is 36.6. The van der Waals surface area contributed by atoms with Crippen LogP contribution in [-0.2, 0) is 55.7 Å². The standard InChI is InChI=1S/C43H68F3NO12/c1-13-32(49)41(10,51)37-24(4)34-22(2)19-40(9,56-34)36(25(5)35(26(6)39(50)55-37)54-33-20-42(52-12)38(57-42)28(8)53-33)59-58-23(3)18-31(27(7)48)47(11)21-29-14-16-30(17-15-29)43(44,45)46/h14-17,22-28,31-38,48-49,51H,13,18-21H2,1-12H3/t22?,23?,24-,25-,26+,27?,28?,31?,32+,33-,34?,35-,36+,37+,38-,40+,41+,42?/m0/s1. The van der Waals surface area contributed by atoms with E-state index in [1.165, 1.54) is 19.1 Å². The lowest BCUT2D eigenvalue weighted by Gasteiger charge is -2.42. The summed E-state index contributed by atoms with van der Waals surface area (Å²) in [4.78, 5) is 28.9. The van der Waals surface area contributed by atoms with Crippen molar-refractivity contribution in [3.8, 4) is 0 Å². The Morgan fingerprint density at radius 1 is 1.02 bits per heavy atom. The van der Waals surface area contributed by atoms with Crippen LogP contribution in [0.2, 0.25) is 0 Å². The predicted octanol–water partition coefficient (Wildman–Crippen LogP) is 5.78. The van der Waals surface area contributed by atoms with Crippen molar-refractivity contribution >= 4 is 5.97 Å². The number of rotatable bonds is 15. The number of hydrogen-bond donors (Lipinski definition) is 3. The summed E-state index contributed by atoms with van der Waals surface area (Å²) in [6.45, 7) is 18.2. The van der Waals surface area contributed by atoms with E-state index in [4.69, 9.17) is 38.2 Å². The maximum Gasteiger partial charge on any atom is 0.416 e. The number of methoxy groups -OCH3 is 1. The molecule has 3 N–H and O–H groups in total. The Morgan fingerprint density at radius 2 is 1.66 bits per heavy atom. The second-order valence-electron chi connectivity index (χ2n) is 18.3. The first-order valence-electron chi connectivity index (χ1n) is 21.1. The Morgan fingerprint density at radius 3 is 2.24 bits per heavy atom. The monoisotopic (exact) mass is 847 g/mol. The van der Waals surface area contributed by atoms with Gasteiger partial charge in [0.2, 0.25) is 5.79 Å².